The number of nitrogens with one attached hydrogen (secondary N) is 1. The van der Waals surface area contributed by atoms with Crippen LogP contribution in [0.4, 0.5) is 5.69 Å². The summed E-state index contributed by atoms with van der Waals surface area (Å²) in [7, 11) is 3.23. The van der Waals surface area contributed by atoms with Gasteiger partial charge in [0.25, 0.3) is 0 Å². The van der Waals surface area contributed by atoms with E-state index < -0.39 is 0 Å². The van der Waals surface area contributed by atoms with Gasteiger partial charge in [-0.15, -0.1) is 10.2 Å². The third kappa shape index (κ3) is 4.71. The van der Waals surface area contributed by atoms with Gasteiger partial charge >= 0.3 is 0 Å². The molecule has 3 aromatic rings. The van der Waals surface area contributed by atoms with Crippen molar-refractivity contribution in [1.29, 1.82) is 0 Å². The predicted octanol–water partition coefficient (Wildman–Crippen LogP) is 3.46. The molecular weight excluding hydrogens is 376 g/mol. The van der Waals surface area contributed by atoms with Crippen molar-refractivity contribution in [2.75, 3.05) is 25.3 Å². The Kier molecular flexibility index (Phi) is 6.67. The van der Waals surface area contributed by atoms with Crippen molar-refractivity contribution in [3.05, 3.63) is 59.9 Å². The molecule has 2 aromatic carbocycles. The van der Waals surface area contributed by atoms with Crippen molar-refractivity contribution in [3.8, 4) is 11.4 Å². The zero-order chi connectivity index (χ0) is 19.9. The number of thioether (sulfide) groups is 1. The van der Waals surface area contributed by atoms with Crippen LogP contribution in [0.2, 0.25) is 0 Å². The molecule has 0 aliphatic heterocycles. The summed E-state index contributed by atoms with van der Waals surface area (Å²) in [4.78, 5) is 12.4. The Bertz CT molecular complexity index is 944. The molecule has 8 heteroatoms. The van der Waals surface area contributed by atoms with E-state index in [0.29, 0.717) is 17.6 Å². The van der Waals surface area contributed by atoms with Crippen molar-refractivity contribution in [2.24, 2.45) is 0 Å². The number of hydrogen-bond acceptors (Lipinski definition) is 6. The van der Waals surface area contributed by atoms with E-state index in [2.05, 4.69) is 15.5 Å². The van der Waals surface area contributed by atoms with E-state index in [9.17, 15) is 4.79 Å². The van der Waals surface area contributed by atoms with Gasteiger partial charge in [-0.05, 0) is 42.8 Å². The van der Waals surface area contributed by atoms with Gasteiger partial charge in [-0.25, -0.2) is 0 Å². The molecule has 146 valence electrons. The second-order valence-electron chi connectivity index (χ2n) is 6.02. The van der Waals surface area contributed by atoms with Gasteiger partial charge < -0.3 is 14.8 Å². The van der Waals surface area contributed by atoms with Crippen LogP contribution in [0.15, 0.2) is 53.7 Å². The molecule has 0 aliphatic rings. The molecule has 0 aliphatic carbocycles. The first-order chi connectivity index (χ1) is 13.6. The van der Waals surface area contributed by atoms with E-state index in [1.165, 1.54) is 11.8 Å². The highest BCUT2D eigenvalue weighted by molar-refractivity contribution is 7.99. The molecule has 0 spiro atoms. The highest BCUT2D eigenvalue weighted by atomic mass is 32.2. The fourth-order valence-electron chi connectivity index (χ4n) is 2.67. The second-order valence-corrected chi connectivity index (χ2v) is 6.96. The summed E-state index contributed by atoms with van der Waals surface area (Å²) in [6, 6.07) is 15.3. The molecule has 28 heavy (non-hydrogen) atoms. The Morgan fingerprint density at radius 3 is 2.61 bits per heavy atom. The number of aryl methyl sites for hydroxylation is 1. The predicted molar refractivity (Wildman–Crippen MR) is 109 cm³/mol. The minimum Gasteiger partial charge on any atom is -0.497 e. The number of hydrogen-bond donors (Lipinski definition) is 1. The third-order valence-corrected chi connectivity index (χ3v) is 4.96. The van der Waals surface area contributed by atoms with Crippen molar-refractivity contribution in [2.45, 2.75) is 18.7 Å². The zero-order valence-corrected chi connectivity index (χ0v) is 16.8. The van der Waals surface area contributed by atoms with Gasteiger partial charge in [-0.1, -0.05) is 30.0 Å². The van der Waals surface area contributed by atoms with E-state index in [1.807, 2.05) is 60.0 Å². The van der Waals surface area contributed by atoms with Crippen LogP contribution in [0, 0.1) is 6.92 Å². The summed E-state index contributed by atoms with van der Waals surface area (Å²) in [6.07, 6.45) is 0. The van der Waals surface area contributed by atoms with E-state index in [-0.39, 0.29) is 11.7 Å². The summed E-state index contributed by atoms with van der Waals surface area (Å²) in [5.74, 6) is 1.53. The van der Waals surface area contributed by atoms with Crippen LogP contribution in [0.25, 0.3) is 5.69 Å². The van der Waals surface area contributed by atoms with Crippen molar-refractivity contribution >= 4 is 23.4 Å². The number of benzene rings is 2. The van der Waals surface area contributed by atoms with Crippen molar-refractivity contribution in [3.63, 3.8) is 0 Å². The van der Waals surface area contributed by atoms with E-state index in [0.717, 1.165) is 22.7 Å². The minimum atomic E-state index is -0.117. The zero-order valence-electron chi connectivity index (χ0n) is 16.0. The van der Waals surface area contributed by atoms with Crippen LogP contribution in [0.5, 0.6) is 5.75 Å². The second kappa shape index (κ2) is 9.38. The monoisotopic (exact) mass is 398 g/mol. The van der Waals surface area contributed by atoms with Gasteiger partial charge in [0.2, 0.25) is 5.91 Å². The maximum atomic E-state index is 12.4. The molecule has 1 N–H and O–H groups in total. The first-order valence-corrected chi connectivity index (χ1v) is 9.67. The minimum absolute atomic E-state index is 0.117. The van der Waals surface area contributed by atoms with Crippen LogP contribution in [0.1, 0.15) is 11.4 Å². The standard InChI is InChI=1S/C20H22N4O3S/c1-14-11-16(27-3)9-10-17(14)21-19(25)13-28-20-23-22-18(12-26-2)24(20)15-7-5-4-6-8-15/h4-11H,12-13H2,1-3H3,(H,21,25). The van der Waals surface area contributed by atoms with Gasteiger partial charge in [-0.3, -0.25) is 9.36 Å². The maximum absolute atomic E-state index is 12.4. The molecule has 1 aromatic heterocycles. The lowest BCUT2D eigenvalue weighted by Crippen LogP contribution is -2.15. The number of carbonyl (C=O) groups excluding carboxylic acids is 1. The fraction of sp³-hybridized carbons (Fsp3) is 0.250. The van der Waals surface area contributed by atoms with Crippen LogP contribution in [-0.2, 0) is 16.1 Å². The average molecular weight is 398 g/mol. The molecule has 0 saturated heterocycles. The quantitative estimate of drug-likeness (QED) is 0.586. The number of anilines is 1. The molecule has 1 amide bonds. The summed E-state index contributed by atoms with van der Waals surface area (Å²) < 4.78 is 12.3. The number of nitrogens with zero attached hydrogens (tertiary/aromatic N) is 3. The lowest BCUT2D eigenvalue weighted by molar-refractivity contribution is -0.113. The van der Waals surface area contributed by atoms with Gasteiger partial charge in [0.05, 0.1) is 12.9 Å². The topological polar surface area (TPSA) is 78.3 Å². The number of amides is 1. The fourth-order valence-corrected chi connectivity index (χ4v) is 3.44. The van der Waals surface area contributed by atoms with Gasteiger partial charge in [0, 0.05) is 18.5 Å². The lowest BCUT2D eigenvalue weighted by atomic mass is 10.2. The summed E-state index contributed by atoms with van der Waals surface area (Å²) in [6.45, 7) is 2.26. The molecule has 0 saturated carbocycles. The first kappa shape index (κ1) is 19.9. The van der Waals surface area contributed by atoms with Gasteiger partial charge in [0.1, 0.15) is 12.4 Å². The normalized spacial score (nSPS) is 10.7. The number of rotatable bonds is 8. The van der Waals surface area contributed by atoms with E-state index in [1.54, 1.807) is 14.2 Å². The van der Waals surface area contributed by atoms with Crippen LogP contribution < -0.4 is 10.1 Å². The molecule has 0 fully saturated rings. The average Bonchev–Trinajstić information content (AvgIpc) is 3.11. The highest BCUT2D eigenvalue weighted by Crippen LogP contribution is 2.24. The SMILES string of the molecule is COCc1nnc(SCC(=O)Nc2ccc(OC)cc2C)n1-c1ccccc1. The summed E-state index contributed by atoms with van der Waals surface area (Å²) >= 11 is 1.33. The molecular formula is C20H22N4O3S. The number of ether oxygens (including phenoxy) is 2. The molecule has 0 unspecified atom stereocenters. The van der Waals surface area contributed by atoms with Crippen LogP contribution in [-0.4, -0.2) is 40.6 Å². The van der Waals surface area contributed by atoms with Gasteiger partial charge in [-0.2, -0.15) is 0 Å². The third-order valence-electron chi connectivity index (χ3n) is 4.03. The Morgan fingerprint density at radius 1 is 1.14 bits per heavy atom. The Hall–Kier alpha value is -2.84. The number of aromatic nitrogens is 3. The highest BCUT2D eigenvalue weighted by Gasteiger charge is 2.16. The molecule has 1 heterocycles. The maximum Gasteiger partial charge on any atom is 0.234 e. The Labute approximate surface area is 168 Å². The Balaban J connectivity index is 1.71. The molecule has 3 rings (SSSR count). The van der Waals surface area contributed by atoms with E-state index in [4.69, 9.17) is 9.47 Å². The largest absolute Gasteiger partial charge is 0.497 e. The van der Waals surface area contributed by atoms with E-state index >= 15 is 0 Å². The molecule has 0 atom stereocenters. The van der Waals surface area contributed by atoms with Crippen molar-refractivity contribution in [1.82, 2.24) is 14.8 Å². The molecule has 0 bridgehead atoms. The van der Waals surface area contributed by atoms with Crippen LogP contribution >= 0.6 is 11.8 Å². The number of para-hydroxylation sites is 1. The van der Waals surface area contributed by atoms with Crippen LogP contribution in [0.3, 0.4) is 0 Å². The smallest absolute Gasteiger partial charge is 0.234 e. The Morgan fingerprint density at radius 2 is 1.93 bits per heavy atom. The first-order valence-electron chi connectivity index (χ1n) is 8.68. The lowest BCUT2D eigenvalue weighted by Gasteiger charge is -2.11. The number of carbonyl (C=O) groups is 1. The van der Waals surface area contributed by atoms with Gasteiger partial charge in [0.15, 0.2) is 11.0 Å². The molecule has 0 radical (unpaired) electrons. The number of methoxy groups -OCH3 is 2. The molecule has 7 nitrogen and oxygen atoms in total. The summed E-state index contributed by atoms with van der Waals surface area (Å²) in [5.41, 5.74) is 2.62. The van der Waals surface area contributed by atoms with Crippen molar-refractivity contribution < 1.29 is 14.3 Å². The summed E-state index contributed by atoms with van der Waals surface area (Å²) in [5, 5.41) is 12.0.